The number of hydrogen-bond donors (Lipinski definition) is 1. The number of benzene rings is 1. The Hall–Kier alpha value is -1.59. The highest BCUT2D eigenvalue weighted by atomic mass is 16.7. The van der Waals surface area contributed by atoms with Gasteiger partial charge in [-0.25, -0.2) is 4.79 Å². The molecule has 1 saturated heterocycles. The quantitative estimate of drug-likeness (QED) is 0.915. The number of carbonyl (C=O) groups excluding carboxylic acids is 1. The SMILES string of the molecule is O=C(N[C@]12C[C@@H]3C[C@H](C1)C1(OCCO1)[C@@H](C3)C2)OCc1ccccc1. The fraction of sp³-hybridized carbons (Fsp3) is 0.650. The van der Waals surface area contributed by atoms with Crippen LogP contribution in [0.5, 0.6) is 0 Å². The number of alkyl carbamates (subject to hydrolysis) is 1. The summed E-state index contributed by atoms with van der Waals surface area (Å²) in [6.45, 7) is 1.73. The molecule has 1 N–H and O–H groups in total. The average molecular weight is 343 g/mol. The van der Waals surface area contributed by atoms with E-state index in [-0.39, 0.29) is 17.4 Å². The van der Waals surface area contributed by atoms with Crippen LogP contribution in [0, 0.1) is 17.8 Å². The summed E-state index contributed by atoms with van der Waals surface area (Å²) >= 11 is 0. The third-order valence-corrected chi connectivity index (χ3v) is 6.65. The number of hydrogen-bond acceptors (Lipinski definition) is 4. The maximum atomic E-state index is 12.4. The van der Waals surface area contributed by atoms with E-state index in [0.29, 0.717) is 37.6 Å². The molecule has 0 radical (unpaired) electrons. The molecule has 25 heavy (non-hydrogen) atoms. The summed E-state index contributed by atoms with van der Waals surface area (Å²) in [6, 6.07) is 9.81. The molecule has 4 aliphatic carbocycles. The number of nitrogens with one attached hydrogen (secondary N) is 1. The fourth-order valence-corrected chi connectivity index (χ4v) is 5.97. The molecular formula is C20H25NO4. The Morgan fingerprint density at radius 1 is 1.08 bits per heavy atom. The zero-order chi connectivity index (χ0) is 16.9. The molecular weight excluding hydrogens is 318 g/mol. The van der Waals surface area contributed by atoms with Gasteiger partial charge in [0.2, 0.25) is 0 Å². The van der Waals surface area contributed by atoms with Crippen molar-refractivity contribution < 1.29 is 19.0 Å². The summed E-state index contributed by atoms with van der Waals surface area (Å²) in [5.41, 5.74) is 0.875. The summed E-state index contributed by atoms with van der Waals surface area (Å²) in [7, 11) is 0. The molecule has 4 saturated carbocycles. The standard InChI is InChI=1S/C20H25NO4/c22-18(23-13-14-4-2-1-3-5-14)21-19-10-15-8-16(11-19)20(17(9-15)12-19)24-6-7-25-20/h1-5,15-17H,6-13H2,(H,21,22)/t15-,16-,17+,19-. The topological polar surface area (TPSA) is 56.8 Å². The highest BCUT2D eigenvalue weighted by molar-refractivity contribution is 5.68. The molecule has 1 spiro atoms. The normalized spacial score (nSPS) is 37.4. The van der Waals surface area contributed by atoms with Crippen molar-refractivity contribution in [3.63, 3.8) is 0 Å². The average Bonchev–Trinajstić information content (AvgIpc) is 3.09. The van der Waals surface area contributed by atoms with Crippen LogP contribution in [0.1, 0.15) is 37.7 Å². The van der Waals surface area contributed by atoms with E-state index in [1.807, 2.05) is 30.3 Å². The third kappa shape index (κ3) is 2.56. The second-order valence-corrected chi connectivity index (χ2v) is 8.23. The number of amides is 1. The molecule has 5 aliphatic rings. The van der Waals surface area contributed by atoms with E-state index in [9.17, 15) is 4.79 Å². The van der Waals surface area contributed by atoms with Gasteiger partial charge in [-0.1, -0.05) is 30.3 Å². The Morgan fingerprint density at radius 2 is 1.76 bits per heavy atom. The lowest BCUT2D eigenvalue weighted by Gasteiger charge is -2.62. The molecule has 1 heterocycles. The first-order valence-corrected chi connectivity index (χ1v) is 9.44. The minimum atomic E-state index is -0.365. The molecule has 5 fully saturated rings. The summed E-state index contributed by atoms with van der Waals surface area (Å²) in [6.07, 6.45) is 4.99. The van der Waals surface area contributed by atoms with Gasteiger partial charge in [-0.15, -0.1) is 0 Å². The predicted octanol–water partition coefficient (Wildman–Crippen LogP) is 3.23. The Kier molecular flexibility index (Phi) is 3.57. The third-order valence-electron chi connectivity index (χ3n) is 6.65. The first-order valence-electron chi connectivity index (χ1n) is 9.44. The van der Waals surface area contributed by atoms with E-state index < -0.39 is 0 Å². The lowest BCUT2D eigenvalue weighted by molar-refractivity contribution is -0.292. The van der Waals surface area contributed by atoms with Crippen LogP contribution in [0.15, 0.2) is 30.3 Å². The van der Waals surface area contributed by atoms with Crippen molar-refractivity contribution >= 4 is 6.09 Å². The molecule has 0 unspecified atom stereocenters. The van der Waals surface area contributed by atoms with Gasteiger partial charge in [0, 0.05) is 17.4 Å². The van der Waals surface area contributed by atoms with Crippen LogP contribution >= 0.6 is 0 Å². The molecule has 6 rings (SSSR count). The molecule has 1 aliphatic heterocycles. The Labute approximate surface area is 148 Å². The van der Waals surface area contributed by atoms with Crippen LogP contribution < -0.4 is 5.32 Å². The largest absolute Gasteiger partial charge is 0.445 e. The molecule has 1 amide bonds. The van der Waals surface area contributed by atoms with Gasteiger partial charge in [-0.05, 0) is 43.6 Å². The monoisotopic (exact) mass is 343 g/mol. The van der Waals surface area contributed by atoms with Gasteiger partial charge < -0.3 is 19.5 Å². The van der Waals surface area contributed by atoms with Crippen molar-refractivity contribution in [2.45, 2.75) is 50.0 Å². The van der Waals surface area contributed by atoms with Crippen molar-refractivity contribution in [3.05, 3.63) is 35.9 Å². The van der Waals surface area contributed by atoms with Crippen molar-refractivity contribution in [3.8, 4) is 0 Å². The van der Waals surface area contributed by atoms with Crippen molar-refractivity contribution in [2.75, 3.05) is 13.2 Å². The van der Waals surface area contributed by atoms with Crippen LogP contribution in [0.3, 0.4) is 0 Å². The van der Waals surface area contributed by atoms with Gasteiger partial charge in [-0.2, -0.15) is 0 Å². The van der Waals surface area contributed by atoms with Crippen LogP contribution in [-0.2, 0) is 20.8 Å². The Bertz CT molecular complexity index is 637. The summed E-state index contributed by atoms with van der Waals surface area (Å²) in [5, 5.41) is 3.23. The van der Waals surface area contributed by atoms with Crippen molar-refractivity contribution in [2.24, 2.45) is 17.8 Å². The van der Waals surface area contributed by atoms with E-state index in [2.05, 4.69) is 5.32 Å². The van der Waals surface area contributed by atoms with Crippen LogP contribution in [0.4, 0.5) is 4.79 Å². The Morgan fingerprint density at radius 3 is 2.44 bits per heavy atom. The van der Waals surface area contributed by atoms with Gasteiger partial charge in [0.05, 0.1) is 13.2 Å². The van der Waals surface area contributed by atoms with E-state index >= 15 is 0 Å². The molecule has 4 atom stereocenters. The Balaban J connectivity index is 1.26. The van der Waals surface area contributed by atoms with Gasteiger partial charge in [0.1, 0.15) is 6.61 Å². The van der Waals surface area contributed by atoms with E-state index in [1.54, 1.807) is 0 Å². The zero-order valence-electron chi connectivity index (χ0n) is 14.4. The van der Waals surface area contributed by atoms with Gasteiger partial charge >= 0.3 is 6.09 Å². The number of carbonyl (C=O) groups is 1. The molecule has 1 aromatic rings. The number of ether oxygens (including phenoxy) is 3. The molecule has 5 nitrogen and oxygen atoms in total. The molecule has 1 aromatic carbocycles. The van der Waals surface area contributed by atoms with Gasteiger partial charge in [0.15, 0.2) is 5.79 Å². The molecule has 134 valence electrons. The highest BCUT2D eigenvalue weighted by Crippen LogP contribution is 2.62. The first-order chi connectivity index (χ1) is 12.2. The van der Waals surface area contributed by atoms with E-state index in [1.165, 1.54) is 12.8 Å². The lowest BCUT2D eigenvalue weighted by atomic mass is 9.50. The van der Waals surface area contributed by atoms with E-state index in [4.69, 9.17) is 14.2 Å². The van der Waals surface area contributed by atoms with Crippen LogP contribution in [0.25, 0.3) is 0 Å². The smallest absolute Gasteiger partial charge is 0.407 e. The zero-order valence-corrected chi connectivity index (χ0v) is 14.4. The lowest BCUT2D eigenvalue weighted by Crippen LogP contribution is -2.68. The minimum absolute atomic E-state index is 0.134. The van der Waals surface area contributed by atoms with Crippen LogP contribution in [-0.4, -0.2) is 30.6 Å². The summed E-state index contributed by atoms with van der Waals surface area (Å²) in [5.74, 6) is 1.10. The van der Waals surface area contributed by atoms with Gasteiger partial charge in [0.25, 0.3) is 0 Å². The van der Waals surface area contributed by atoms with Crippen LogP contribution in [0.2, 0.25) is 0 Å². The molecule has 4 bridgehead atoms. The van der Waals surface area contributed by atoms with Crippen molar-refractivity contribution in [1.82, 2.24) is 5.32 Å². The maximum absolute atomic E-state index is 12.4. The molecule has 0 aromatic heterocycles. The maximum Gasteiger partial charge on any atom is 0.407 e. The van der Waals surface area contributed by atoms with E-state index in [0.717, 1.165) is 24.8 Å². The summed E-state index contributed by atoms with van der Waals surface area (Å²) in [4.78, 5) is 12.4. The fourth-order valence-electron chi connectivity index (χ4n) is 5.97. The first kappa shape index (κ1) is 15.6. The second-order valence-electron chi connectivity index (χ2n) is 8.23. The second kappa shape index (κ2) is 5.71. The number of rotatable bonds is 3. The molecule has 5 heteroatoms. The summed E-state index contributed by atoms with van der Waals surface area (Å²) < 4.78 is 17.7. The van der Waals surface area contributed by atoms with Crippen molar-refractivity contribution in [1.29, 1.82) is 0 Å². The van der Waals surface area contributed by atoms with Gasteiger partial charge in [-0.3, -0.25) is 0 Å². The minimum Gasteiger partial charge on any atom is -0.445 e. The predicted molar refractivity (Wildman–Crippen MR) is 90.7 cm³/mol. The highest BCUT2D eigenvalue weighted by Gasteiger charge is 2.65.